The molecule has 4 aromatic rings. The van der Waals surface area contributed by atoms with Gasteiger partial charge in [0, 0.05) is 41.1 Å². The molecule has 1 saturated heterocycles. The van der Waals surface area contributed by atoms with Gasteiger partial charge >= 0.3 is 0 Å². The van der Waals surface area contributed by atoms with Crippen LogP contribution in [0.4, 0.5) is 5.13 Å². The largest absolute Gasteiger partial charge is 0.373 e. The van der Waals surface area contributed by atoms with Gasteiger partial charge in [-0.1, -0.05) is 45.8 Å². The van der Waals surface area contributed by atoms with Crippen molar-refractivity contribution < 1.29 is 14.1 Å². The number of carbonyl (C=O) groups is 1. The summed E-state index contributed by atoms with van der Waals surface area (Å²) in [5.41, 5.74) is 4.38. The molecule has 0 atom stereocenters. The number of benzene rings is 2. The first-order chi connectivity index (χ1) is 17.9. The van der Waals surface area contributed by atoms with Gasteiger partial charge in [-0.2, -0.15) is 0 Å². The Hall–Kier alpha value is -2.45. The molecule has 2 aromatic carbocycles. The van der Waals surface area contributed by atoms with Gasteiger partial charge in [0.25, 0.3) is 0 Å². The molecule has 0 N–H and O–H groups in total. The number of carbonyl (C=O) groups excluding carboxylic acids is 1. The normalized spacial score (nSPS) is 18.8. The third-order valence-electron chi connectivity index (χ3n) is 7.86. The fraction of sp³-hybridized carbons (Fsp3) is 0.393. The van der Waals surface area contributed by atoms with Gasteiger partial charge in [-0.15, -0.1) is 0 Å². The van der Waals surface area contributed by atoms with Gasteiger partial charge in [-0.25, -0.2) is 4.98 Å². The summed E-state index contributed by atoms with van der Waals surface area (Å²) in [6.07, 6.45) is 4.51. The van der Waals surface area contributed by atoms with Crippen LogP contribution < -0.4 is 4.90 Å². The number of thiazole rings is 1. The van der Waals surface area contributed by atoms with Crippen LogP contribution in [-0.4, -0.2) is 35.1 Å². The molecule has 3 heterocycles. The van der Waals surface area contributed by atoms with E-state index in [0.717, 1.165) is 71.0 Å². The lowest BCUT2D eigenvalue weighted by molar-refractivity contribution is -0.0998. The second-order valence-electron chi connectivity index (χ2n) is 10.7. The molecule has 0 radical (unpaired) electrons. The molecule has 0 unspecified atom stereocenters. The summed E-state index contributed by atoms with van der Waals surface area (Å²) in [6, 6.07) is 11.2. The van der Waals surface area contributed by atoms with E-state index in [2.05, 4.69) is 10.1 Å². The van der Waals surface area contributed by atoms with E-state index in [4.69, 9.17) is 37.4 Å². The van der Waals surface area contributed by atoms with Gasteiger partial charge < -0.3 is 14.2 Å². The first-order valence-corrected chi connectivity index (χ1v) is 14.2. The number of fused-ring (bicyclic) bond motifs is 1. The predicted octanol–water partition coefficient (Wildman–Crippen LogP) is 7.52. The van der Waals surface area contributed by atoms with Gasteiger partial charge in [0.15, 0.2) is 10.9 Å². The van der Waals surface area contributed by atoms with Crippen molar-refractivity contribution in [1.82, 2.24) is 10.1 Å². The number of anilines is 1. The van der Waals surface area contributed by atoms with E-state index in [-0.39, 0.29) is 11.9 Å². The van der Waals surface area contributed by atoms with E-state index in [9.17, 15) is 4.79 Å². The maximum absolute atomic E-state index is 11.7. The Morgan fingerprint density at radius 3 is 2.65 bits per heavy atom. The van der Waals surface area contributed by atoms with Crippen molar-refractivity contribution in [2.45, 2.75) is 51.2 Å². The van der Waals surface area contributed by atoms with Gasteiger partial charge in [0.2, 0.25) is 0 Å². The molecule has 190 valence electrons. The zero-order chi connectivity index (χ0) is 25.3. The van der Waals surface area contributed by atoms with Crippen molar-refractivity contribution in [1.29, 1.82) is 0 Å². The predicted molar refractivity (Wildman–Crippen MR) is 146 cm³/mol. The number of aromatic nitrogens is 2. The second kappa shape index (κ2) is 8.80. The van der Waals surface area contributed by atoms with Crippen molar-refractivity contribution in [3.63, 3.8) is 0 Å². The highest BCUT2D eigenvalue weighted by molar-refractivity contribution is 7.22. The van der Waals surface area contributed by atoms with Crippen molar-refractivity contribution in [2.75, 3.05) is 18.0 Å². The molecule has 1 spiro atoms. The van der Waals surface area contributed by atoms with Crippen LogP contribution in [0.15, 0.2) is 40.9 Å². The topological polar surface area (TPSA) is 68.5 Å². The highest BCUT2D eigenvalue weighted by atomic mass is 35.5. The monoisotopic (exact) mass is 553 g/mol. The van der Waals surface area contributed by atoms with Crippen molar-refractivity contribution >= 4 is 55.7 Å². The van der Waals surface area contributed by atoms with Crippen molar-refractivity contribution in [3.05, 3.63) is 63.3 Å². The SMILES string of the molecule is CC(=O)c1ccc2nc(N3CC4(CC(OCc5c(-c6c(Cl)cccc6Cl)noc5C5CC5)C4)C3)sc2c1. The Balaban J connectivity index is 1.00. The zero-order valence-electron chi connectivity index (χ0n) is 20.3. The Morgan fingerprint density at radius 1 is 1.19 bits per heavy atom. The average Bonchev–Trinajstić information content (AvgIpc) is 3.44. The number of hydrogen-bond donors (Lipinski definition) is 0. The lowest BCUT2D eigenvalue weighted by atomic mass is 9.62. The summed E-state index contributed by atoms with van der Waals surface area (Å²) < 4.78 is 13.2. The fourth-order valence-electron chi connectivity index (χ4n) is 5.70. The summed E-state index contributed by atoms with van der Waals surface area (Å²) in [6.45, 7) is 4.04. The minimum absolute atomic E-state index is 0.0813. The Bertz CT molecular complexity index is 1510. The first kappa shape index (κ1) is 23.7. The maximum Gasteiger partial charge on any atom is 0.186 e. The van der Waals surface area contributed by atoms with Crippen LogP contribution in [0, 0.1) is 5.41 Å². The Labute approximate surface area is 228 Å². The summed E-state index contributed by atoms with van der Waals surface area (Å²) in [7, 11) is 0. The molecule has 6 nitrogen and oxygen atoms in total. The van der Waals surface area contributed by atoms with E-state index < -0.39 is 0 Å². The van der Waals surface area contributed by atoms with Crippen molar-refractivity contribution in [3.8, 4) is 11.3 Å². The number of hydrogen-bond acceptors (Lipinski definition) is 7. The number of nitrogens with zero attached hydrogens (tertiary/aromatic N) is 3. The van der Waals surface area contributed by atoms with Gasteiger partial charge in [-0.3, -0.25) is 4.79 Å². The molecule has 0 bridgehead atoms. The van der Waals surface area contributed by atoms with Crippen LogP contribution in [-0.2, 0) is 11.3 Å². The van der Waals surface area contributed by atoms with E-state index in [1.165, 1.54) is 0 Å². The molecule has 3 aliphatic rings. The molecular formula is C28H25Cl2N3O3S. The third kappa shape index (κ3) is 4.16. The van der Waals surface area contributed by atoms with E-state index in [1.807, 2.05) is 36.4 Å². The molecule has 2 aromatic heterocycles. The van der Waals surface area contributed by atoms with E-state index in [1.54, 1.807) is 18.3 Å². The number of Topliss-reactive ketones (excluding diaryl/α,β-unsaturated/α-hetero) is 1. The molecule has 1 aliphatic heterocycles. The Kier molecular flexibility index (Phi) is 5.63. The zero-order valence-corrected chi connectivity index (χ0v) is 22.6. The molecule has 2 saturated carbocycles. The third-order valence-corrected chi connectivity index (χ3v) is 9.57. The maximum atomic E-state index is 11.7. The first-order valence-electron chi connectivity index (χ1n) is 12.6. The van der Waals surface area contributed by atoms with Crippen LogP contribution >= 0.6 is 34.5 Å². The van der Waals surface area contributed by atoms with Crippen LogP contribution in [0.5, 0.6) is 0 Å². The van der Waals surface area contributed by atoms with Crippen molar-refractivity contribution in [2.24, 2.45) is 5.41 Å². The molecule has 9 heteroatoms. The fourth-order valence-corrected chi connectivity index (χ4v) is 7.28. The molecule has 7 rings (SSSR count). The Morgan fingerprint density at radius 2 is 1.95 bits per heavy atom. The molecule has 37 heavy (non-hydrogen) atoms. The van der Waals surface area contributed by atoms with Crippen LogP contribution in [0.25, 0.3) is 21.5 Å². The number of ether oxygens (including phenoxy) is 1. The van der Waals surface area contributed by atoms with E-state index in [0.29, 0.717) is 39.2 Å². The van der Waals surface area contributed by atoms with Crippen LogP contribution in [0.1, 0.15) is 60.2 Å². The minimum Gasteiger partial charge on any atom is -0.373 e. The summed E-state index contributed by atoms with van der Waals surface area (Å²) in [5.74, 6) is 1.41. The number of halogens is 2. The smallest absolute Gasteiger partial charge is 0.186 e. The minimum atomic E-state index is 0.0813. The lowest BCUT2D eigenvalue weighted by Crippen LogP contribution is -2.64. The molecule has 0 amide bonds. The molecule has 3 fully saturated rings. The molecule has 2 aliphatic carbocycles. The summed E-state index contributed by atoms with van der Waals surface area (Å²) in [4.78, 5) is 18.8. The summed E-state index contributed by atoms with van der Waals surface area (Å²) in [5, 5.41) is 6.53. The van der Waals surface area contributed by atoms with Crippen LogP contribution in [0.3, 0.4) is 0 Å². The standard InChI is InChI=1S/C28H25Cl2N3O3S/c1-15(34)17-7-8-22-23(9-17)37-27(31-22)33-13-28(14-33)10-18(11-28)35-12-19-25(32-36-26(19)16-5-6-16)24-20(29)3-2-4-21(24)30/h2-4,7-9,16,18H,5-6,10-14H2,1H3. The van der Waals surface area contributed by atoms with E-state index >= 15 is 0 Å². The number of rotatable bonds is 7. The van der Waals surface area contributed by atoms with Crippen LogP contribution in [0.2, 0.25) is 10.0 Å². The summed E-state index contributed by atoms with van der Waals surface area (Å²) >= 11 is 14.6. The molecular weight excluding hydrogens is 529 g/mol. The quantitative estimate of drug-likeness (QED) is 0.220. The van der Waals surface area contributed by atoms with Gasteiger partial charge in [-0.05, 0) is 62.9 Å². The average molecular weight is 554 g/mol. The number of ketones is 1. The highest BCUT2D eigenvalue weighted by Crippen LogP contribution is 2.52. The second-order valence-corrected chi connectivity index (χ2v) is 12.5. The lowest BCUT2D eigenvalue weighted by Gasteiger charge is -2.58. The van der Waals surface area contributed by atoms with Gasteiger partial charge in [0.1, 0.15) is 11.5 Å². The van der Waals surface area contributed by atoms with Gasteiger partial charge in [0.05, 0.1) is 33.0 Å². The highest BCUT2D eigenvalue weighted by Gasteiger charge is 2.53.